The maximum absolute atomic E-state index is 11.7. The topological polar surface area (TPSA) is 35.5 Å². The van der Waals surface area contributed by atoms with E-state index in [-0.39, 0.29) is 5.97 Å². The highest BCUT2D eigenvalue weighted by Crippen LogP contribution is 2.25. The molecule has 0 aliphatic heterocycles. The van der Waals surface area contributed by atoms with Gasteiger partial charge in [0.05, 0.1) is 18.8 Å². The molecule has 0 aliphatic rings. The molecule has 0 saturated carbocycles. The normalized spacial score (nSPS) is 10.6. The molecule has 3 nitrogen and oxygen atoms in total. The van der Waals surface area contributed by atoms with Gasteiger partial charge in [0, 0.05) is 0 Å². The van der Waals surface area contributed by atoms with Crippen LogP contribution in [0.1, 0.15) is 42.3 Å². The quantitative estimate of drug-likeness (QED) is 0.750. The van der Waals surface area contributed by atoms with Crippen molar-refractivity contribution in [3.63, 3.8) is 0 Å². The van der Waals surface area contributed by atoms with E-state index in [1.165, 1.54) is 0 Å². The van der Waals surface area contributed by atoms with Crippen LogP contribution in [0.15, 0.2) is 12.1 Å². The number of esters is 1. The molecular formula is C15H22O3. The molecular weight excluding hydrogens is 228 g/mol. The average Bonchev–Trinajstić information content (AvgIpc) is 2.27. The summed E-state index contributed by atoms with van der Waals surface area (Å²) in [6.07, 6.45) is 0. The molecule has 100 valence electrons. The van der Waals surface area contributed by atoms with E-state index < -0.39 is 0 Å². The summed E-state index contributed by atoms with van der Waals surface area (Å²) in [5.41, 5.74) is 2.53. The van der Waals surface area contributed by atoms with Gasteiger partial charge >= 0.3 is 5.97 Å². The van der Waals surface area contributed by atoms with Gasteiger partial charge < -0.3 is 9.47 Å². The molecule has 1 aromatic carbocycles. The highest BCUT2D eigenvalue weighted by Gasteiger charge is 2.12. The van der Waals surface area contributed by atoms with Crippen LogP contribution in [-0.2, 0) is 4.74 Å². The van der Waals surface area contributed by atoms with Crippen LogP contribution < -0.4 is 4.74 Å². The summed E-state index contributed by atoms with van der Waals surface area (Å²) in [6, 6.07) is 3.64. The molecule has 1 aromatic rings. The van der Waals surface area contributed by atoms with Crippen molar-refractivity contribution in [3.8, 4) is 5.75 Å². The molecule has 0 radical (unpaired) electrons. The maximum Gasteiger partial charge on any atom is 0.338 e. The highest BCUT2D eigenvalue weighted by molar-refractivity contribution is 5.90. The van der Waals surface area contributed by atoms with Crippen LogP contribution in [0.3, 0.4) is 0 Å². The third-order valence-corrected chi connectivity index (χ3v) is 2.53. The minimum absolute atomic E-state index is 0.279. The molecule has 1 rings (SSSR count). The largest absolute Gasteiger partial charge is 0.493 e. The molecule has 0 aliphatic carbocycles. The lowest BCUT2D eigenvalue weighted by molar-refractivity contribution is 0.0526. The van der Waals surface area contributed by atoms with Crippen LogP contribution in [-0.4, -0.2) is 19.2 Å². The first-order chi connectivity index (χ1) is 8.45. The van der Waals surface area contributed by atoms with Crippen LogP contribution in [0.25, 0.3) is 0 Å². The Hall–Kier alpha value is -1.51. The fourth-order valence-corrected chi connectivity index (χ4v) is 1.76. The number of carbonyl (C=O) groups excluding carboxylic acids is 1. The summed E-state index contributed by atoms with van der Waals surface area (Å²) in [6.45, 7) is 11.0. The lowest BCUT2D eigenvalue weighted by atomic mass is 10.1. The number of hydrogen-bond acceptors (Lipinski definition) is 3. The van der Waals surface area contributed by atoms with Crippen molar-refractivity contribution in [2.24, 2.45) is 5.92 Å². The van der Waals surface area contributed by atoms with Gasteiger partial charge in [0.15, 0.2) is 0 Å². The Morgan fingerprint density at radius 1 is 1.22 bits per heavy atom. The molecule has 0 spiro atoms. The fourth-order valence-electron chi connectivity index (χ4n) is 1.76. The Kier molecular flexibility index (Phi) is 5.20. The lowest BCUT2D eigenvalue weighted by Gasteiger charge is -2.15. The van der Waals surface area contributed by atoms with Crippen molar-refractivity contribution in [2.45, 2.75) is 34.6 Å². The van der Waals surface area contributed by atoms with Gasteiger partial charge in [-0.05, 0) is 49.9 Å². The van der Waals surface area contributed by atoms with Gasteiger partial charge in [-0.25, -0.2) is 4.79 Å². The summed E-state index contributed by atoms with van der Waals surface area (Å²) in [4.78, 5) is 11.7. The van der Waals surface area contributed by atoms with Gasteiger partial charge in [0.1, 0.15) is 5.75 Å². The summed E-state index contributed by atoms with van der Waals surface area (Å²) < 4.78 is 10.8. The second-order valence-electron chi connectivity index (χ2n) is 4.86. The molecule has 18 heavy (non-hydrogen) atoms. The standard InChI is InChI=1S/C15H22O3/c1-6-17-15(16)13-7-11(4)14(12(5)8-13)18-9-10(2)3/h7-8,10H,6,9H2,1-5H3. The van der Waals surface area contributed by atoms with Crippen molar-refractivity contribution < 1.29 is 14.3 Å². The van der Waals surface area contributed by atoms with Crippen LogP contribution in [0.4, 0.5) is 0 Å². The molecule has 0 fully saturated rings. The predicted octanol–water partition coefficient (Wildman–Crippen LogP) is 3.51. The van der Waals surface area contributed by atoms with Gasteiger partial charge in [-0.15, -0.1) is 0 Å². The minimum atomic E-state index is -0.279. The zero-order chi connectivity index (χ0) is 13.7. The number of carbonyl (C=O) groups is 1. The van der Waals surface area contributed by atoms with Gasteiger partial charge in [-0.3, -0.25) is 0 Å². The van der Waals surface area contributed by atoms with Gasteiger partial charge in [-0.2, -0.15) is 0 Å². The van der Waals surface area contributed by atoms with Crippen LogP contribution in [0.5, 0.6) is 5.75 Å². The number of hydrogen-bond donors (Lipinski definition) is 0. The van der Waals surface area contributed by atoms with E-state index >= 15 is 0 Å². The van der Waals surface area contributed by atoms with Crippen LogP contribution in [0, 0.1) is 19.8 Å². The first-order valence-corrected chi connectivity index (χ1v) is 6.36. The minimum Gasteiger partial charge on any atom is -0.493 e. The van der Waals surface area contributed by atoms with E-state index in [0.29, 0.717) is 24.7 Å². The van der Waals surface area contributed by atoms with E-state index in [9.17, 15) is 4.79 Å². The van der Waals surface area contributed by atoms with Crippen molar-refractivity contribution in [3.05, 3.63) is 28.8 Å². The Morgan fingerprint density at radius 3 is 2.22 bits per heavy atom. The second kappa shape index (κ2) is 6.43. The molecule has 0 heterocycles. The molecule has 0 saturated heterocycles. The zero-order valence-electron chi connectivity index (χ0n) is 11.9. The maximum atomic E-state index is 11.7. The Labute approximate surface area is 109 Å². The second-order valence-corrected chi connectivity index (χ2v) is 4.86. The fraction of sp³-hybridized carbons (Fsp3) is 0.533. The molecule has 0 aromatic heterocycles. The molecule has 0 unspecified atom stereocenters. The van der Waals surface area contributed by atoms with E-state index in [1.807, 2.05) is 26.0 Å². The van der Waals surface area contributed by atoms with Gasteiger partial charge in [-0.1, -0.05) is 13.8 Å². The number of aryl methyl sites for hydroxylation is 2. The zero-order valence-corrected chi connectivity index (χ0v) is 11.9. The number of benzene rings is 1. The third kappa shape index (κ3) is 3.76. The smallest absolute Gasteiger partial charge is 0.338 e. The van der Waals surface area contributed by atoms with Crippen molar-refractivity contribution in [2.75, 3.05) is 13.2 Å². The summed E-state index contributed by atoms with van der Waals surface area (Å²) in [5.74, 6) is 1.07. The van der Waals surface area contributed by atoms with E-state index in [1.54, 1.807) is 6.92 Å². The monoisotopic (exact) mass is 250 g/mol. The van der Waals surface area contributed by atoms with Crippen molar-refractivity contribution >= 4 is 5.97 Å². The highest BCUT2D eigenvalue weighted by atomic mass is 16.5. The Bertz CT molecular complexity index is 399. The molecule has 0 N–H and O–H groups in total. The summed E-state index contributed by atoms with van der Waals surface area (Å²) >= 11 is 0. The molecule has 0 amide bonds. The van der Waals surface area contributed by atoms with Gasteiger partial charge in [0.25, 0.3) is 0 Å². The third-order valence-electron chi connectivity index (χ3n) is 2.53. The van der Waals surface area contributed by atoms with Gasteiger partial charge in [0.2, 0.25) is 0 Å². The Balaban J connectivity index is 2.93. The average molecular weight is 250 g/mol. The van der Waals surface area contributed by atoms with Crippen molar-refractivity contribution in [1.29, 1.82) is 0 Å². The van der Waals surface area contributed by atoms with Crippen LogP contribution >= 0.6 is 0 Å². The molecule has 0 bridgehead atoms. The van der Waals surface area contributed by atoms with E-state index in [0.717, 1.165) is 16.9 Å². The first kappa shape index (κ1) is 14.6. The number of rotatable bonds is 5. The van der Waals surface area contributed by atoms with E-state index in [4.69, 9.17) is 9.47 Å². The predicted molar refractivity (Wildman–Crippen MR) is 72.2 cm³/mol. The van der Waals surface area contributed by atoms with Crippen molar-refractivity contribution in [1.82, 2.24) is 0 Å². The summed E-state index contributed by atoms with van der Waals surface area (Å²) in [5, 5.41) is 0. The lowest BCUT2D eigenvalue weighted by Crippen LogP contribution is -2.09. The molecule has 0 atom stereocenters. The van der Waals surface area contributed by atoms with E-state index in [2.05, 4.69) is 13.8 Å². The SMILES string of the molecule is CCOC(=O)c1cc(C)c(OCC(C)C)c(C)c1. The summed E-state index contributed by atoms with van der Waals surface area (Å²) in [7, 11) is 0. The first-order valence-electron chi connectivity index (χ1n) is 6.36. The Morgan fingerprint density at radius 2 is 1.78 bits per heavy atom. The van der Waals surface area contributed by atoms with Crippen LogP contribution in [0.2, 0.25) is 0 Å². The number of ether oxygens (including phenoxy) is 2. The molecule has 3 heteroatoms.